The lowest BCUT2D eigenvalue weighted by molar-refractivity contribution is 0.437. The molecule has 78 valence electrons. The van der Waals surface area contributed by atoms with E-state index in [9.17, 15) is 0 Å². The molecule has 2 rings (SSSR count). The van der Waals surface area contributed by atoms with Crippen LogP contribution < -0.4 is 0 Å². The van der Waals surface area contributed by atoms with Gasteiger partial charge in [-0.05, 0) is 37.0 Å². The fourth-order valence-electron chi connectivity index (χ4n) is 1.64. The number of aryl methyl sites for hydroxylation is 1. The normalized spacial score (nSPS) is 15.4. The van der Waals surface area contributed by atoms with Gasteiger partial charge in [-0.15, -0.1) is 0 Å². The standard InChI is InChI=1S/C14H16O/c1-2-12-7-9-13(10-8-12)14-6-4-3-5-11-15-14/h5-11H,2-4H2,1H3. The number of hydrogen-bond donors (Lipinski definition) is 0. The number of hydrogen-bond acceptors (Lipinski definition) is 1. The summed E-state index contributed by atoms with van der Waals surface area (Å²) in [5, 5.41) is 0. The summed E-state index contributed by atoms with van der Waals surface area (Å²) < 4.78 is 5.54. The van der Waals surface area contributed by atoms with Crippen molar-refractivity contribution in [1.29, 1.82) is 0 Å². The molecule has 0 spiro atoms. The molecule has 0 aromatic heterocycles. The van der Waals surface area contributed by atoms with Crippen LogP contribution in [0.5, 0.6) is 0 Å². The van der Waals surface area contributed by atoms with Gasteiger partial charge in [0, 0.05) is 5.56 Å². The predicted octanol–water partition coefficient (Wildman–Crippen LogP) is 3.91. The zero-order chi connectivity index (χ0) is 10.5. The molecule has 0 aliphatic carbocycles. The highest BCUT2D eigenvalue weighted by molar-refractivity contribution is 5.60. The molecular weight excluding hydrogens is 184 g/mol. The maximum Gasteiger partial charge on any atom is 0.129 e. The van der Waals surface area contributed by atoms with Crippen molar-refractivity contribution in [2.24, 2.45) is 0 Å². The lowest BCUT2D eigenvalue weighted by Crippen LogP contribution is -1.87. The quantitative estimate of drug-likeness (QED) is 0.703. The van der Waals surface area contributed by atoms with Gasteiger partial charge in [0.25, 0.3) is 0 Å². The highest BCUT2D eigenvalue weighted by Crippen LogP contribution is 2.20. The molecule has 1 aliphatic rings. The summed E-state index contributed by atoms with van der Waals surface area (Å²) in [6.07, 6.45) is 9.20. The lowest BCUT2D eigenvalue weighted by atomic mass is 10.1. The van der Waals surface area contributed by atoms with Crippen LogP contribution in [0.4, 0.5) is 0 Å². The van der Waals surface area contributed by atoms with Gasteiger partial charge < -0.3 is 4.74 Å². The molecule has 15 heavy (non-hydrogen) atoms. The Morgan fingerprint density at radius 1 is 1.13 bits per heavy atom. The van der Waals surface area contributed by atoms with Gasteiger partial charge in [0.15, 0.2) is 0 Å². The molecule has 0 amide bonds. The molecule has 0 saturated carbocycles. The van der Waals surface area contributed by atoms with Gasteiger partial charge in [0.2, 0.25) is 0 Å². The topological polar surface area (TPSA) is 9.23 Å². The van der Waals surface area contributed by atoms with Crippen molar-refractivity contribution in [3.8, 4) is 0 Å². The fourth-order valence-corrected chi connectivity index (χ4v) is 1.64. The van der Waals surface area contributed by atoms with Gasteiger partial charge in [-0.3, -0.25) is 0 Å². The average molecular weight is 200 g/mol. The minimum Gasteiger partial charge on any atom is -0.465 e. The molecule has 0 radical (unpaired) electrons. The van der Waals surface area contributed by atoms with Crippen LogP contribution in [0.15, 0.2) is 42.7 Å². The van der Waals surface area contributed by atoms with E-state index in [0.717, 1.165) is 25.0 Å². The minimum absolute atomic E-state index is 0.978. The van der Waals surface area contributed by atoms with Crippen molar-refractivity contribution in [2.45, 2.75) is 26.2 Å². The monoisotopic (exact) mass is 200 g/mol. The number of ether oxygens (including phenoxy) is 1. The Balaban J connectivity index is 2.21. The third kappa shape index (κ3) is 2.50. The van der Waals surface area contributed by atoms with Gasteiger partial charge in [0.05, 0.1) is 6.26 Å². The molecule has 1 nitrogen and oxygen atoms in total. The second-order valence-electron chi connectivity index (χ2n) is 3.69. The van der Waals surface area contributed by atoms with E-state index in [0.29, 0.717) is 0 Å². The van der Waals surface area contributed by atoms with Crippen molar-refractivity contribution < 1.29 is 4.74 Å². The van der Waals surface area contributed by atoms with Crippen LogP contribution >= 0.6 is 0 Å². The molecule has 1 aromatic carbocycles. The molecule has 0 atom stereocenters. The molecule has 1 aromatic rings. The Labute approximate surface area is 91.1 Å². The van der Waals surface area contributed by atoms with E-state index in [1.165, 1.54) is 11.1 Å². The van der Waals surface area contributed by atoms with Crippen molar-refractivity contribution >= 4 is 5.76 Å². The van der Waals surface area contributed by atoms with Gasteiger partial charge >= 0.3 is 0 Å². The molecule has 0 N–H and O–H groups in total. The summed E-state index contributed by atoms with van der Waals surface area (Å²) in [6.45, 7) is 2.17. The van der Waals surface area contributed by atoms with E-state index >= 15 is 0 Å². The van der Waals surface area contributed by atoms with E-state index in [2.05, 4.69) is 43.3 Å². The third-order valence-electron chi connectivity index (χ3n) is 2.60. The zero-order valence-electron chi connectivity index (χ0n) is 9.07. The van der Waals surface area contributed by atoms with Gasteiger partial charge in [-0.25, -0.2) is 0 Å². The number of allylic oxidation sites excluding steroid dienone is 2. The first-order chi connectivity index (χ1) is 7.40. The van der Waals surface area contributed by atoms with E-state index in [1.54, 1.807) is 6.26 Å². The van der Waals surface area contributed by atoms with Crippen molar-refractivity contribution in [3.05, 3.63) is 53.8 Å². The SMILES string of the molecule is CCc1ccc(C2=CCCC=CO2)cc1. The number of rotatable bonds is 2. The van der Waals surface area contributed by atoms with Gasteiger partial charge in [-0.1, -0.05) is 31.2 Å². The molecule has 0 saturated heterocycles. The Morgan fingerprint density at radius 2 is 1.93 bits per heavy atom. The zero-order valence-corrected chi connectivity index (χ0v) is 9.07. The van der Waals surface area contributed by atoms with Crippen LogP contribution in [0.25, 0.3) is 5.76 Å². The first-order valence-electron chi connectivity index (χ1n) is 5.51. The Bertz CT molecular complexity index is 371. The van der Waals surface area contributed by atoms with E-state index in [4.69, 9.17) is 4.74 Å². The van der Waals surface area contributed by atoms with Crippen LogP contribution in [0.1, 0.15) is 30.9 Å². The number of benzene rings is 1. The van der Waals surface area contributed by atoms with E-state index in [-0.39, 0.29) is 0 Å². The van der Waals surface area contributed by atoms with Crippen molar-refractivity contribution in [1.82, 2.24) is 0 Å². The first-order valence-corrected chi connectivity index (χ1v) is 5.51. The summed E-state index contributed by atoms with van der Waals surface area (Å²) in [6, 6.07) is 8.58. The van der Waals surface area contributed by atoms with E-state index in [1.807, 2.05) is 0 Å². The lowest BCUT2D eigenvalue weighted by Gasteiger charge is -2.06. The maximum absolute atomic E-state index is 5.54. The molecule has 0 fully saturated rings. The van der Waals surface area contributed by atoms with Crippen LogP contribution in [0.3, 0.4) is 0 Å². The summed E-state index contributed by atoms with van der Waals surface area (Å²) in [4.78, 5) is 0. The molecule has 1 heterocycles. The highest BCUT2D eigenvalue weighted by Gasteiger charge is 2.03. The molecule has 0 bridgehead atoms. The maximum atomic E-state index is 5.54. The summed E-state index contributed by atoms with van der Waals surface area (Å²) >= 11 is 0. The van der Waals surface area contributed by atoms with Gasteiger partial charge in [0.1, 0.15) is 5.76 Å². The second kappa shape index (κ2) is 4.83. The Hall–Kier alpha value is -1.50. The van der Waals surface area contributed by atoms with Crippen LogP contribution in [0, 0.1) is 0 Å². The summed E-state index contributed by atoms with van der Waals surface area (Å²) in [7, 11) is 0. The largest absolute Gasteiger partial charge is 0.465 e. The van der Waals surface area contributed by atoms with E-state index < -0.39 is 0 Å². The smallest absolute Gasteiger partial charge is 0.129 e. The van der Waals surface area contributed by atoms with Crippen molar-refractivity contribution in [2.75, 3.05) is 0 Å². The highest BCUT2D eigenvalue weighted by atomic mass is 16.5. The Morgan fingerprint density at radius 3 is 2.67 bits per heavy atom. The predicted molar refractivity (Wildman–Crippen MR) is 63.3 cm³/mol. The minimum atomic E-state index is 0.978. The molecule has 1 aliphatic heterocycles. The van der Waals surface area contributed by atoms with Crippen LogP contribution in [-0.4, -0.2) is 0 Å². The van der Waals surface area contributed by atoms with Gasteiger partial charge in [-0.2, -0.15) is 0 Å². The van der Waals surface area contributed by atoms with Crippen LogP contribution in [-0.2, 0) is 11.2 Å². The van der Waals surface area contributed by atoms with Crippen LogP contribution in [0.2, 0.25) is 0 Å². The molecular formula is C14H16O. The fraction of sp³-hybridized carbons (Fsp3) is 0.286. The van der Waals surface area contributed by atoms with Crippen molar-refractivity contribution in [3.63, 3.8) is 0 Å². The molecule has 1 heteroatoms. The molecule has 0 unspecified atom stereocenters. The second-order valence-corrected chi connectivity index (χ2v) is 3.69. The first kappa shape index (κ1) is 10.0. The summed E-state index contributed by atoms with van der Waals surface area (Å²) in [5.41, 5.74) is 2.53. The third-order valence-corrected chi connectivity index (χ3v) is 2.60. The average Bonchev–Trinajstić information content (AvgIpc) is 2.58. The summed E-state index contributed by atoms with van der Waals surface area (Å²) in [5.74, 6) is 0.978. The Kier molecular flexibility index (Phi) is 3.23.